The zero-order valence-corrected chi connectivity index (χ0v) is 12.2. The van der Waals surface area contributed by atoms with E-state index in [1.807, 2.05) is 42.5 Å². The lowest BCUT2D eigenvalue weighted by Gasteiger charge is -2.08. The fourth-order valence-corrected chi connectivity index (χ4v) is 2.36. The van der Waals surface area contributed by atoms with Crippen molar-refractivity contribution in [2.75, 3.05) is 5.32 Å². The molecule has 0 aliphatic rings. The van der Waals surface area contributed by atoms with Crippen LogP contribution in [0.25, 0.3) is 11.1 Å². The maximum absolute atomic E-state index is 10.5. The van der Waals surface area contributed by atoms with Gasteiger partial charge in [-0.05, 0) is 41.0 Å². The summed E-state index contributed by atoms with van der Waals surface area (Å²) in [6.07, 6.45) is 1.40. The van der Waals surface area contributed by atoms with Gasteiger partial charge in [0.15, 0.2) is 0 Å². The van der Waals surface area contributed by atoms with E-state index in [2.05, 4.69) is 41.7 Å². The van der Waals surface area contributed by atoms with Crippen LogP contribution in [0.4, 0.5) is 11.4 Å². The van der Waals surface area contributed by atoms with E-state index in [0.29, 0.717) is 6.42 Å². The number of anilines is 2. The number of nitrogens with one attached hydrogen (secondary N) is 1. The van der Waals surface area contributed by atoms with Gasteiger partial charge in [-0.2, -0.15) is 0 Å². The third-order valence-corrected chi connectivity index (χ3v) is 3.55. The van der Waals surface area contributed by atoms with Gasteiger partial charge < -0.3 is 10.1 Å². The van der Waals surface area contributed by atoms with Crippen molar-refractivity contribution in [3.8, 4) is 11.1 Å². The Labute approximate surface area is 130 Å². The molecule has 0 saturated carbocycles. The average Bonchev–Trinajstić information content (AvgIpc) is 2.58. The summed E-state index contributed by atoms with van der Waals surface area (Å²) in [6, 6.07) is 26.6. The summed E-state index contributed by atoms with van der Waals surface area (Å²) in [5, 5.41) is 3.37. The highest BCUT2D eigenvalue weighted by molar-refractivity contribution is 5.69. The Balaban J connectivity index is 1.74. The lowest BCUT2D eigenvalue weighted by Crippen LogP contribution is -1.89. The van der Waals surface area contributed by atoms with Crippen molar-refractivity contribution in [3.05, 3.63) is 84.4 Å². The highest BCUT2D eigenvalue weighted by Gasteiger charge is 1.99. The van der Waals surface area contributed by atoms with Crippen molar-refractivity contribution in [2.45, 2.75) is 6.42 Å². The summed E-state index contributed by atoms with van der Waals surface area (Å²) in [5.41, 5.74) is 5.50. The Morgan fingerprint density at radius 1 is 0.682 bits per heavy atom. The van der Waals surface area contributed by atoms with Crippen molar-refractivity contribution < 1.29 is 4.79 Å². The van der Waals surface area contributed by atoms with Gasteiger partial charge in [-0.1, -0.05) is 54.6 Å². The maximum Gasteiger partial charge on any atom is 0.124 e. The van der Waals surface area contributed by atoms with Gasteiger partial charge in [0.2, 0.25) is 0 Å². The molecule has 22 heavy (non-hydrogen) atoms. The van der Waals surface area contributed by atoms with Crippen LogP contribution in [0.2, 0.25) is 0 Å². The highest BCUT2D eigenvalue weighted by atomic mass is 16.1. The third kappa shape index (κ3) is 3.41. The first-order valence-corrected chi connectivity index (χ1v) is 7.30. The maximum atomic E-state index is 10.5. The summed E-state index contributed by atoms with van der Waals surface area (Å²) in [4.78, 5) is 10.5. The molecule has 0 aromatic heterocycles. The van der Waals surface area contributed by atoms with Crippen LogP contribution in [-0.2, 0) is 11.2 Å². The van der Waals surface area contributed by atoms with Gasteiger partial charge in [-0.3, -0.25) is 0 Å². The second-order valence-corrected chi connectivity index (χ2v) is 5.14. The van der Waals surface area contributed by atoms with E-state index < -0.39 is 0 Å². The number of rotatable bonds is 5. The van der Waals surface area contributed by atoms with Crippen molar-refractivity contribution in [1.82, 2.24) is 0 Å². The molecule has 0 aliphatic carbocycles. The molecule has 3 rings (SSSR count). The van der Waals surface area contributed by atoms with Crippen LogP contribution in [0.5, 0.6) is 0 Å². The molecule has 2 nitrogen and oxygen atoms in total. The van der Waals surface area contributed by atoms with E-state index in [4.69, 9.17) is 0 Å². The first kappa shape index (κ1) is 14.1. The van der Waals surface area contributed by atoms with Crippen LogP contribution in [0.1, 0.15) is 5.56 Å². The summed E-state index contributed by atoms with van der Waals surface area (Å²) >= 11 is 0. The molecule has 0 unspecified atom stereocenters. The zero-order valence-electron chi connectivity index (χ0n) is 12.2. The minimum atomic E-state index is 0.472. The predicted molar refractivity (Wildman–Crippen MR) is 91.4 cm³/mol. The number of carbonyl (C=O) groups is 1. The Morgan fingerprint density at radius 3 is 1.82 bits per heavy atom. The lowest BCUT2D eigenvalue weighted by molar-refractivity contribution is -0.107. The minimum absolute atomic E-state index is 0.472. The number of carbonyl (C=O) groups excluding carboxylic acids is 1. The Kier molecular flexibility index (Phi) is 4.30. The van der Waals surface area contributed by atoms with E-state index in [9.17, 15) is 4.79 Å². The Morgan fingerprint density at radius 2 is 1.23 bits per heavy atom. The van der Waals surface area contributed by atoms with Crippen LogP contribution in [0, 0.1) is 0 Å². The van der Waals surface area contributed by atoms with Crippen LogP contribution < -0.4 is 5.32 Å². The Hall–Kier alpha value is -2.87. The van der Waals surface area contributed by atoms with Gasteiger partial charge in [0.1, 0.15) is 6.29 Å². The highest BCUT2D eigenvalue weighted by Crippen LogP contribution is 2.23. The van der Waals surface area contributed by atoms with Crippen molar-refractivity contribution in [2.24, 2.45) is 0 Å². The SMILES string of the molecule is O=CCc1ccc(-c2ccc(Nc3ccccc3)cc2)cc1. The molecule has 0 saturated heterocycles. The van der Waals surface area contributed by atoms with Gasteiger partial charge in [-0.15, -0.1) is 0 Å². The molecule has 0 aliphatic heterocycles. The van der Waals surface area contributed by atoms with Gasteiger partial charge in [0.05, 0.1) is 0 Å². The van der Waals surface area contributed by atoms with Crippen molar-refractivity contribution in [3.63, 3.8) is 0 Å². The standard InChI is InChI=1S/C20H17NO/c22-15-14-16-6-8-17(9-7-16)18-10-12-20(13-11-18)21-19-4-2-1-3-5-19/h1-13,15,21H,14H2. The van der Waals surface area contributed by atoms with Crippen molar-refractivity contribution >= 4 is 17.7 Å². The van der Waals surface area contributed by atoms with E-state index in [-0.39, 0.29) is 0 Å². The summed E-state index contributed by atoms with van der Waals surface area (Å²) in [6.45, 7) is 0. The van der Waals surface area contributed by atoms with E-state index in [0.717, 1.165) is 34.4 Å². The van der Waals surface area contributed by atoms with Gasteiger partial charge in [0, 0.05) is 17.8 Å². The molecule has 1 N–H and O–H groups in total. The minimum Gasteiger partial charge on any atom is -0.356 e. The molecule has 108 valence electrons. The fourth-order valence-electron chi connectivity index (χ4n) is 2.36. The van der Waals surface area contributed by atoms with Crippen LogP contribution in [-0.4, -0.2) is 6.29 Å². The molecular formula is C20H17NO. The number of benzene rings is 3. The van der Waals surface area contributed by atoms with E-state index in [1.54, 1.807) is 0 Å². The second-order valence-electron chi connectivity index (χ2n) is 5.14. The second kappa shape index (κ2) is 6.72. The normalized spacial score (nSPS) is 10.2. The molecule has 3 aromatic carbocycles. The largest absolute Gasteiger partial charge is 0.356 e. The van der Waals surface area contributed by atoms with Crippen LogP contribution >= 0.6 is 0 Å². The van der Waals surface area contributed by atoms with Crippen molar-refractivity contribution in [1.29, 1.82) is 0 Å². The molecule has 0 amide bonds. The van der Waals surface area contributed by atoms with E-state index in [1.165, 1.54) is 0 Å². The number of hydrogen-bond acceptors (Lipinski definition) is 2. The van der Waals surface area contributed by atoms with Gasteiger partial charge >= 0.3 is 0 Å². The molecule has 0 bridgehead atoms. The quantitative estimate of drug-likeness (QED) is 0.680. The van der Waals surface area contributed by atoms with E-state index >= 15 is 0 Å². The number of aldehydes is 1. The summed E-state index contributed by atoms with van der Waals surface area (Å²) in [7, 11) is 0. The predicted octanol–water partition coefficient (Wildman–Crippen LogP) is 4.84. The number of para-hydroxylation sites is 1. The smallest absolute Gasteiger partial charge is 0.124 e. The molecule has 0 spiro atoms. The zero-order chi connectivity index (χ0) is 15.2. The van der Waals surface area contributed by atoms with Gasteiger partial charge in [-0.25, -0.2) is 0 Å². The van der Waals surface area contributed by atoms with Crippen LogP contribution in [0.15, 0.2) is 78.9 Å². The summed E-state index contributed by atoms with van der Waals surface area (Å²) < 4.78 is 0. The topological polar surface area (TPSA) is 29.1 Å². The molecular weight excluding hydrogens is 270 g/mol. The third-order valence-electron chi connectivity index (χ3n) is 3.55. The monoisotopic (exact) mass is 287 g/mol. The molecule has 0 heterocycles. The first-order chi connectivity index (χ1) is 10.8. The Bertz CT molecular complexity index is 731. The molecule has 0 atom stereocenters. The fraction of sp³-hybridized carbons (Fsp3) is 0.0500. The molecule has 3 aromatic rings. The lowest BCUT2D eigenvalue weighted by atomic mass is 10.0. The van der Waals surface area contributed by atoms with Gasteiger partial charge in [0.25, 0.3) is 0 Å². The molecule has 0 fully saturated rings. The first-order valence-electron chi connectivity index (χ1n) is 7.30. The van der Waals surface area contributed by atoms with Crippen LogP contribution in [0.3, 0.4) is 0 Å². The molecule has 0 radical (unpaired) electrons. The number of hydrogen-bond donors (Lipinski definition) is 1. The molecule has 2 heteroatoms. The summed E-state index contributed by atoms with van der Waals surface area (Å²) in [5.74, 6) is 0. The average molecular weight is 287 g/mol.